The molecule has 0 aliphatic carbocycles. The molecule has 0 saturated carbocycles. The first-order valence-corrected chi connectivity index (χ1v) is 10.7. The molecule has 32 heavy (non-hydrogen) atoms. The number of carbonyl (C=O) groups excluding carboxylic acids is 2. The number of nitrogens with one attached hydrogen (secondary N) is 3. The highest BCUT2D eigenvalue weighted by atomic mass is 16.5. The number of hydrogen-bond acceptors (Lipinski definition) is 4. The molecule has 3 aromatic carbocycles. The topological polar surface area (TPSA) is 79.5 Å². The number of methoxy groups -OCH3 is 1. The van der Waals surface area contributed by atoms with Gasteiger partial charge in [0.25, 0.3) is 11.8 Å². The summed E-state index contributed by atoms with van der Waals surface area (Å²) in [7, 11) is 1.59. The van der Waals surface area contributed by atoms with Crippen LogP contribution in [-0.2, 0) is 0 Å². The second kappa shape index (κ2) is 11.0. The van der Waals surface area contributed by atoms with Crippen molar-refractivity contribution in [1.82, 2.24) is 5.32 Å². The molecule has 0 radical (unpaired) electrons. The summed E-state index contributed by atoms with van der Waals surface area (Å²) in [5.74, 6) is 1.02. The van der Waals surface area contributed by atoms with Gasteiger partial charge in [-0.15, -0.1) is 0 Å². The number of ether oxygens (including phenoxy) is 1. The molecule has 0 saturated heterocycles. The fraction of sp³-hybridized carbons (Fsp3) is 0.231. The van der Waals surface area contributed by atoms with Gasteiger partial charge in [-0.3, -0.25) is 9.59 Å². The standard InChI is InChI=1S/C26H29N3O3/c1-18(2)16-17-27-25(30)19-4-8-21(9-5-19)28-22-10-12-23(13-11-22)29-26(31)20-6-14-24(32-3)15-7-20/h4-15,18,28H,16-17H2,1-3H3,(H,27,30)(H,29,31). The van der Waals surface area contributed by atoms with E-state index in [2.05, 4.69) is 29.8 Å². The van der Waals surface area contributed by atoms with Gasteiger partial charge in [-0.05, 0) is 85.1 Å². The van der Waals surface area contributed by atoms with Crippen LogP contribution in [0.15, 0.2) is 72.8 Å². The van der Waals surface area contributed by atoms with Gasteiger partial charge in [0.15, 0.2) is 0 Å². The maximum Gasteiger partial charge on any atom is 0.255 e. The zero-order valence-electron chi connectivity index (χ0n) is 18.6. The summed E-state index contributed by atoms with van der Waals surface area (Å²) in [6, 6.07) is 21.7. The quantitative estimate of drug-likeness (QED) is 0.420. The SMILES string of the molecule is COc1ccc(C(=O)Nc2ccc(Nc3ccc(C(=O)NCCC(C)C)cc3)cc2)cc1. The molecule has 0 unspecified atom stereocenters. The number of anilines is 3. The molecule has 166 valence electrons. The predicted molar refractivity (Wildman–Crippen MR) is 129 cm³/mol. The zero-order valence-corrected chi connectivity index (χ0v) is 18.6. The molecule has 6 heteroatoms. The summed E-state index contributed by atoms with van der Waals surface area (Å²) >= 11 is 0. The molecule has 0 bridgehead atoms. The molecule has 0 fully saturated rings. The Bertz CT molecular complexity index is 1030. The first-order chi connectivity index (χ1) is 15.4. The van der Waals surface area contributed by atoms with E-state index in [1.165, 1.54) is 0 Å². The van der Waals surface area contributed by atoms with E-state index in [1.807, 2.05) is 36.4 Å². The summed E-state index contributed by atoms with van der Waals surface area (Å²) in [5, 5.41) is 9.11. The first-order valence-electron chi connectivity index (χ1n) is 10.7. The number of carbonyl (C=O) groups is 2. The Morgan fingerprint density at radius 2 is 1.25 bits per heavy atom. The van der Waals surface area contributed by atoms with Crippen molar-refractivity contribution in [3.05, 3.63) is 83.9 Å². The zero-order chi connectivity index (χ0) is 22.9. The third-order valence-electron chi connectivity index (χ3n) is 4.94. The lowest BCUT2D eigenvalue weighted by Crippen LogP contribution is -2.25. The summed E-state index contributed by atoms with van der Waals surface area (Å²) < 4.78 is 5.11. The number of rotatable bonds is 9. The third-order valence-corrected chi connectivity index (χ3v) is 4.94. The Hall–Kier alpha value is -3.80. The number of amides is 2. The van der Waals surface area contributed by atoms with Crippen molar-refractivity contribution in [3.63, 3.8) is 0 Å². The van der Waals surface area contributed by atoms with Crippen molar-refractivity contribution in [1.29, 1.82) is 0 Å². The van der Waals surface area contributed by atoms with Crippen LogP contribution in [-0.4, -0.2) is 25.5 Å². The molecule has 0 heterocycles. The molecule has 0 spiro atoms. The van der Waals surface area contributed by atoms with E-state index in [1.54, 1.807) is 43.5 Å². The summed E-state index contributed by atoms with van der Waals surface area (Å²) in [5.41, 5.74) is 3.64. The van der Waals surface area contributed by atoms with Gasteiger partial charge in [-0.2, -0.15) is 0 Å². The lowest BCUT2D eigenvalue weighted by atomic mass is 10.1. The van der Waals surface area contributed by atoms with Crippen molar-refractivity contribution in [2.75, 3.05) is 24.3 Å². The van der Waals surface area contributed by atoms with Crippen LogP contribution in [0.2, 0.25) is 0 Å². The Morgan fingerprint density at radius 1 is 0.750 bits per heavy atom. The van der Waals surface area contributed by atoms with Crippen LogP contribution in [0.5, 0.6) is 5.75 Å². The minimum Gasteiger partial charge on any atom is -0.497 e. The van der Waals surface area contributed by atoms with Gasteiger partial charge in [0.05, 0.1) is 7.11 Å². The van der Waals surface area contributed by atoms with Crippen LogP contribution in [0.1, 0.15) is 41.0 Å². The summed E-state index contributed by atoms with van der Waals surface area (Å²) in [6.07, 6.45) is 0.960. The molecule has 3 aromatic rings. The van der Waals surface area contributed by atoms with Gasteiger partial charge in [0.2, 0.25) is 0 Å². The Balaban J connectivity index is 1.53. The maximum absolute atomic E-state index is 12.4. The fourth-order valence-corrected chi connectivity index (χ4v) is 3.03. The molecular formula is C26H29N3O3. The second-order valence-corrected chi connectivity index (χ2v) is 7.90. The van der Waals surface area contributed by atoms with Crippen molar-refractivity contribution in [2.24, 2.45) is 5.92 Å². The van der Waals surface area contributed by atoms with E-state index >= 15 is 0 Å². The van der Waals surface area contributed by atoms with Crippen LogP contribution < -0.4 is 20.7 Å². The predicted octanol–water partition coefficient (Wildman–Crippen LogP) is 5.47. The van der Waals surface area contributed by atoms with Crippen molar-refractivity contribution < 1.29 is 14.3 Å². The van der Waals surface area contributed by atoms with Gasteiger partial charge in [0, 0.05) is 34.7 Å². The average molecular weight is 432 g/mol. The highest BCUT2D eigenvalue weighted by molar-refractivity contribution is 6.04. The van der Waals surface area contributed by atoms with Gasteiger partial charge >= 0.3 is 0 Å². The van der Waals surface area contributed by atoms with Crippen LogP contribution >= 0.6 is 0 Å². The van der Waals surface area contributed by atoms with E-state index in [-0.39, 0.29) is 11.8 Å². The number of hydrogen-bond donors (Lipinski definition) is 3. The first kappa shape index (κ1) is 22.9. The van der Waals surface area contributed by atoms with E-state index in [4.69, 9.17) is 4.74 Å². The van der Waals surface area contributed by atoms with Crippen LogP contribution in [0, 0.1) is 5.92 Å². The monoisotopic (exact) mass is 431 g/mol. The maximum atomic E-state index is 12.4. The molecule has 0 aliphatic heterocycles. The van der Waals surface area contributed by atoms with Crippen molar-refractivity contribution >= 4 is 28.9 Å². The fourth-order valence-electron chi connectivity index (χ4n) is 3.03. The average Bonchev–Trinajstić information content (AvgIpc) is 2.80. The van der Waals surface area contributed by atoms with Crippen LogP contribution in [0.3, 0.4) is 0 Å². The molecule has 6 nitrogen and oxygen atoms in total. The highest BCUT2D eigenvalue weighted by Crippen LogP contribution is 2.20. The lowest BCUT2D eigenvalue weighted by molar-refractivity contribution is 0.0951. The molecule has 0 aromatic heterocycles. The molecule has 0 aliphatic rings. The van der Waals surface area contributed by atoms with Crippen LogP contribution in [0.4, 0.5) is 17.1 Å². The molecular weight excluding hydrogens is 402 g/mol. The largest absolute Gasteiger partial charge is 0.497 e. The van der Waals surface area contributed by atoms with Gasteiger partial charge in [-0.25, -0.2) is 0 Å². The molecule has 3 rings (SSSR count). The third kappa shape index (κ3) is 6.60. The highest BCUT2D eigenvalue weighted by Gasteiger charge is 2.07. The van der Waals surface area contributed by atoms with E-state index < -0.39 is 0 Å². The molecule has 3 N–H and O–H groups in total. The molecule has 0 atom stereocenters. The van der Waals surface area contributed by atoms with Crippen LogP contribution in [0.25, 0.3) is 0 Å². The van der Waals surface area contributed by atoms with E-state index in [0.717, 1.165) is 17.8 Å². The Kier molecular flexibility index (Phi) is 7.86. The lowest BCUT2D eigenvalue weighted by Gasteiger charge is -2.10. The smallest absolute Gasteiger partial charge is 0.255 e. The van der Waals surface area contributed by atoms with Crippen molar-refractivity contribution in [2.45, 2.75) is 20.3 Å². The van der Waals surface area contributed by atoms with E-state index in [9.17, 15) is 9.59 Å². The van der Waals surface area contributed by atoms with E-state index in [0.29, 0.717) is 35.0 Å². The minimum atomic E-state index is -0.185. The van der Waals surface area contributed by atoms with Crippen molar-refractivity contribution in [3.8, 4) is 5.75 Å². The second-order valence-electron chi connectivity index (χ2n) is 7.90. The van der Waals surface area contributed by atoms with Gasteiger partial charge in [-0.1, -0.05) is 13.8 Å². The van der Waals surface area contributed by atoms with Gasteiger partial charge < -0.3 is 20.7 Å². The summed E-state index contributed by atoms with van der Waals surface area (Å²) in [4.78, 5) is 24.6. The Morgan fingerprint density at radius 3 is 1.81 bits per heavy atom. The summed E-state index contributed by atoms with van der Waals surface area (Å²) in [6.45, 7) is 4.94. The van der Waals surface area contributed by atoms with Gasteiger partial charge in [0.1, 0.15) is 5.75 Å². The normalized spacial score (nSPS) is 10.5. The minimum absolute atomic E-state index is 0.0610. The Labute approximate surface area is 189 Å². The molecule has 2 amide bonds. The number of benzene rings is 3.